The van der Waals surface area contributed by atoms with Crippen molar-refractivity contribution in [3.8, 4) is 22.6 Å². The van der Waals surface area contributed by atoms with E-state index in [2.05, 4.69) is 45.7 Å². The van der Waals surface area contributed by atoms with Crippen molar-refractivity contribution in [3.63, 3.8) is 0 Å². The summed E-state index contributed by atoms with van der Waals surface area (Å²) in [6, 6.07) is 11.1. The first-order valence-corrected chi connectivity index (χ1v) is 22.2. The topological polar surface area (TPSA) is 133 Å². The monoisotopic (exact) mass is 843 g/mol. The molecule has 4 aliphatic heterocycles. The van der Waals surface area contributed by atoms with Crippen molar-refractivity contribution in [1.82, 2.24) is 29.7 Å². The van der Waals surface area contributed by atoms with Gasteiger partial charge in [0.2, 0.25) is 5.91 Å². The van der Waals surface area contributed by atoms with Crippen LogP contribution >= 0.6 is 0 Å². The number of anilines is 1. The van der Waals surface area contributed by atoms with Crippen molar-refractivity contribution < 1.29 is 23.9 Å². The molecule has 5 aliphatic rings. The highest BCUT2D eigenvalue weighted by molar-refractivity contribution is 6.01. The van der Waals surface area contributed by atoms with E-state index < -0.39 is 11.9 Å². The largest absolute Gasteiger partial charge is 0.496 e. The number of likely N-dealkylation sites (tertiary alicyclic amines) is 2. The van der Waals surface area contributed by atoms with Crippen molar-refractivity contribution >= 4 is 39.8 Å². The van der Waals surface area contributed by atoms with Gasteiger partial charge in [-0.1, -0.05) is 24.6 Å². The number of amides is 2. The number of carbonyl (C=O) groups excluding carboxylic acids is 2. The molecule has 326 valence electrons. The lowest BCUT2D eigenvalue weighted by Gasteiger charge is -2.52. The molecule has 0 radical (unpaired) electrons. The standard InChI is InChI=1S/C48H58N8O6/c1-7-32-20-33(39-28-52(5)47(59)38-26-49-44(51(3)4)23-37(38)39)21-43(61-6)40(32)29-53-16-12-31(13-17-53)27-54-18-14-48(15-19-54)24-35(25-48)62-34-8-9-41-36(22-34)30(2)55(56(41)60)42-10-11-45(57)50-46(42)58/h8-9,20-23,26,28,31,35,42H,2,7,10-19,24-25,27,29H2,1,3-6H3/p+1. The van der Waals surface area contributed by atoms with Gasteiger partial charge in [0.05, 0.1) is 29.1 Å². The van der Waals surface area contributed by atoms with Crippen LogP contribution < -0.4 is 25.2 Å². The second kappa shape index (κ2) is 16.6. The zero-order valence-electron chi connectivity index (χ0n) is 36.7. The molecule has 1 saturated carbocycles. The van der Waals surface area contributed by atoms with Crippen LogP contribution in [0.4, 0.5) is 11.5 Å². The number of carbonyl (C=O) groups is 2. The number of hydrazine groups is 1. The molecule has 2 amide bonds. The van der Waals surface area contributed by atoms with Crippen LogP contribution in [0.25, 0.3) is 27.6 Å². The maximum atomic E-state index is 13.2. The van der Waals surface area contributed by atoms with E-state index in [4.69, 9.17) is 9.47 Å². The fourth-order valence-electron chi connectivity index (χ4n) is 10.6. The van der Waals surface area contributed by atoms with Gasteiger partial charge in [-0.15, -0.1) is 0 Å². The lowest BCUT2D eigenvalue weighted by molar-refractivity contribution is -0.618. The van der Waals surface area contributed by atoms with E-state index in [0.29, 0.717) is 39.4 Å². The van der Waals surface area contributed by atoms with Crippen LogP contribution in [0.15, 0.2) is 60.2 Å². The number of methoxy groups -OCH3 is 1. The molecule has 4 aromatic rings. The van der Waals surface area contributed by atoms with Crippen molar-refractivity contribution in [1.29, 1.82) is 0 Å². The number of nitrogens with zero attached hydrogens (tertiary/aromatic N) is 7. The van der Waals surface area contributed by atoms with E-state index >= 15 is 0 Å². The maximum absolute atomic E-state index is 13.2. The van der Waals surface area contributed by atoms with Crippen LogP contribution in [0.5, 0.6) is 11.5 Å². The molecule has 1 unspecified atom stereocenters. The second-order valence-corrected chi connectivity index (χ2v) is 18.5. The van der Waals surface area contributed by atoms with Crippen molar-refractivity contribution in [2.45, 2.75) is 83.4 Å². The van der Waals surface area contributed by atoms with Gasteiger partial charge >= 0.3 is 5.69 Å². The van der Waals surface area contributed by atoms with Crippen LogP contribution in [0.2, 0.25) is 0 Å². The molecule has 0 bridgehead atoms. The highest BCUT2D eigenvalue weighted by Gasteiger charge is 2.50. The van der Waals surface area contributed by atoms with Gasteiger partial charge in [-0.2, -0.15) is 0 Å². The summed E-state index contributed by atoms with van der Waals surface area (Å²) < 4.78 is 14.2. The quantitative estimate of drug-likeness (QED) is 0.137. The van der Waals surface area contributed by atoms with Gasteiger partial charge in [-0.3, -0.25) is 24.6 Å². The number of benzene rings is 2. The van der Waals surface area contributed by atoms with E-state index in [1.165, 1.54) is 41.8 Å². The molecule has 14 nitrogen and oxygen atoms in total. The lowest BCUT2D eigenvalue weighted by Crippen LogP contribution is -2.52. The summed E-state index contributed by atoms with van der Waals surface area (Å²) in [5.41, 5.74) is 6.35. The van der Waals surface area contributed by atoms with Gasteiger partial charge in [0.1, 0.15) is 23.0 Å². The Morgan fingerprint density at radius 1 is 0.968 bits per heavy atom. The highest BCUT2D eigenvalue weighted by Crippen LogP contribution is 2.51. The lowest BCUT2D eigenvalue weighted by atomic mass is 9.61. The van der Waals surface area contributed by atoms with Gasteiger partial charge in [-0.05, 0) is 124 Å². The zero-order chi connectivity index (χ0) is 43.4. The number of imide groups is 1. The number of pyridine rings is 2. The van der Waals surface area contributed by atoms with E-state index in [-0.39, 0.29) is 30.4 Å². The van der Waals surface area contributed by atoms with Gasteiger partial charge < -0.3 is 23.8 Å². The summed E-state index contributed by atoms with van der Waals surface area (Å²) in [5.74, 6) is 2.31. The molecule has 1 aliphatic carbocycles. The average Bonchev–Trinajstić information content (AvgIpc) is 3.50. The maximum Gasteiger partial charge on any atom is 0.302 e. The minimum Gasteiger partial charge on any atom is -0.496 e. The molecule has 1 atom stereocenters. The first kappa shape index (κ1) is 41.7. The molecular formula is C48H59N8O6+. The number of nitrogens with one attached hydrogen (secondary N) is 1. The predicted octanol–water partition coefficient (Wildman–Crippen LogP) is 6.19. The van der Waals surface area contributed by atoms with Crippen molar-refractivity contribution in [2.75, 3.05) is 58.8 Å². The van der Waals surface area contributed by atoms with Crippen LogP contribution in [0.3, 0.4) is 0 Å². The van der Waals surface area contributed by atoms with Crippen LogP contribution in [0, 0.1) is 16.2 Å². The molecule has 1 spiro atoms. The minimum atomic E-state index is -0.770. The number of hydrogen-bond donors (Lipinski definition) is 1. The number of aryl methyl sites for hydroxylation is 2. The number of fused-ring (bicyclic) bond motifs is 2. The fourth-order valence-corrected chi connectivity index (χ4v) is 10.6. The number of hydrogen-bond acceptors (Lipinski definition) is 10. The Morgan fingerprint density at radius 3 is 2.42 bits per heavy atom. The average molecular weight is 844 g/mol. The van der Waals surface area contributed by atoms with E-state index in [0.717, 1.165) is 91.5 Å². The van der Waals surface area contributed by atoms with Gasteiger partial charge in [-0.25, -0.2) is 4.98 Å². The van der Waals surface area contributed by atoms with E-state index in [1.807, 2.05) is 43.4 Å². The van der Waals surface area contributed by atoms with E-state index in [9.17, 15) is 19.3 Å². The summed E-state index contributed by atoms with van der Waals surface area (Å²) in [6.07, 6.45) is 11.9. The number of nitroso groups, excluding NO2 is 1. The van der Waals surface area contributed by atoms with Gasteiger partial charge in [0.15, 0.2) is 10.9 Å². The van der Waals surface area contributed by atoms with Gasteiger partial charge in [0, 0.05) is 75.6 Å². The summed E-state index contributed by atoms with van der Waals surface area (Å²) in [7, 11) is 7.48. The Kier molecular flexibility index (Phi) is 11.2. The van der Waals surface area contributed by atoms with Crippen LogP contribution in [-0.2, 0) is 29.6 Å². The van der Waals surface area contributed by atoms with Crippen molar-refractivity contribution in [3.05, 3.63) is 87.3 Å². The minimum absolute atomic E-state index is 0.0586. The first-order valence-electron chi connectivity index (χ1n) is 22.2. The Hall–Kier alpha value is -5.60. The number of ether oxygens (including phenoxy) is 2. The summed E-state index contributed by atoms with van der Waals surface area (Å²) in [6.45, 7) is 12.7. The molecule has 3 saturated heterocycles. The Bertz CT molecular complexity index is 2480. The molecular weight excluding hydrogens is 785 g/mol. The summed E-state index contributed by atoms with van der Waals surface area (Å²) in [5, 5.41) is 5.19. The van der Waals surface area contributed by atoms with Crippen LogP contribution in [0.1, 0.15) is 75.0 Å². The third-order valence-corrected chi connectivity index (χ3v) is 14.3. The molecule has 2 aromatic heterocycles. The first-order chi connectivity index (χ1) is 29.8. The number of piperidine rings is 3. The molecule has 14 heteroatoms. The Balaban J connectivity index is 0.763. The smallest absolute Gasteiger partial charge is 0.302 e. The van der Waals surface area contributed by atoms with Gasteiger partial charge in [0.25, 0.3) is 11.5 Å². The SMILES string of the molecule is C=C1c2cc(OC3CC4(CCN(CC5CCN(Cc6c(CC)cc(-c7cn(C)c(=O)c8cnc(N(C)C)cc78)cc6OC)CC5)CC4)C3)ccc2[N+](=O)N1C1CCC(=O)NC1=O. The molecule has 2 aromatic carbocycles. The molecule has 4 fully saturated rings. The highest BCUT2D eigenvalue weighted by atomic mass is 16.5. The molecule has 62 heavy (non-hydrogen) atoms. The Labute approximate surface area is 363 Å². The molecule has 1 N–H and O–H groups in total. The molecule has 9 rings (SSSR count). The van der Waals surface area contributed by atoms with Crippen LogP contribution in [-0.4, -0.2) is 107 Å². The predicted molar refractivity (Wildman–Crippen MR) is 239 cm³/mol. The second-order valence-electron chi connectivity index (χ2n) is 18.5. The third-order valence-electron chi connectivity index (χ3n) is 14.3. The number of aromatic nitrogens is 2. The normalized spacial score (nSPS) is 21.0. The summed E-state index contributed by atoms with van der Waals surface area (Å²) in [4.78, 5) is 63.0. The number of rotatable bonds is 11. The molecule has 6 heterocycles. The third kappa shape index (κ3) is 7.76. The fraction of sp³-hybridized carbons (Fsp3) is 0.500. The van der Waals surface area contributed by atoms with Crippen molar-refractivity contribution in [2.24, 2.45) is 18.4 Å². The summed E-state index contributed by atoms with van der Waals surface area (Å²) >= 11 is 0. The zero-order valence-corrected chi connectivity index (χ0v) is 36.7. The Morgan fingerprint density at radius 2 is 1.73 bits per heavy atom. The van der Waals surface area contributed by atoms with E-state index in [1.54, 1.807) is 31.0 Å².